The van der Waals surface area contributed by atoms with Crippen LogP contribution in [0.1, 0.15) is 31.4 Å². The summed E-state index contributed by atoms with van der Waals surface area (Å²) in [7, 11) is 0. The summed E-state index contributed by atoms with van der Waals surface area (Å²) in [5.74, 6) is 0.786. The van der Waals surface area contributed by atoms with Crippen LogP contribution in [0.25, 0.3) is 10.8 Å². The zero-order chi connectivity index (χ0) is 13.9. The van der Waals surface area contributed by atoms with Gasteiger partial charge in [0, 0.05) is 17.6 Å². The number of aliphatic hydroxyl groups is 1. The predicted octanol–water partition coefficient (Wildman–Crippen LogP) is 3.45. The first kappa shape index (κ1) is 13.4. The molecular formula is C17H20O3. The summed E-state index contributed by atoms with van der Waals surface area (Å²) in [5, 5.41) is 12.1. The third-order valence-corrected chi connectivity index (χ3v) is 3.80. The Hall–Kier alpha value is -1.58. The summed E-state index contributed by atoms with van der Waals surface area (Å²) in [4.78, 5) is 0. The molecule has 1 aliphatic rings. The van der Waals surface area contributed by atoms with Crippen LogP contribution < -0.4 is 4.74 Å². The van der Waals surface area contributed by atoms with Gasteiger partial charge in [-0.1, -0.05) is 36.4 Å². The standard InChI is InChI=1S/C17H20O3/c1-12(18)15-9-8-13-5-2-3-7-16(13)17(15)20-11-14-6-4-10-19-14/h2-3,5,7-9,12,14,18H,4,6,10-11H2,1H3. The van der Waals surface area contributed by atoms with Crippen LogP contribution in [0.15, 0.2) is 36.4 Å². The molecule has 0 aromatic heterocycles. The van der Waals surface area contributed by atoms with E-state index in [1.165, 1.54) is 0 Å². The molecule has 1 heterocycles. The second-order valence-electron chi connectivity index (χ2n) is 5.33. The highest BCUT2D eigenvalue weighted by Crippen LogP contribution is 2.34. The van der Waals surface area contributed by atoms with Crippen molar-refractivity contribution in [1.82, 2.24) is 0 Å². The van der Waals surface area contributed by atoms with Gasteiger partial charge in [-0.2, -0.15) is 0 Å². The first-order valence-electron chi connectivity index (χ1n) is 7.20. The summed E-state index contributed by atoms with van der Waals surface area (Å²) in [6.45, 7) is 3.14. The predicted molar refractivity (Wildman–Crippen MR) is 79.1 cm³/mol. The number of benzene rings is 2. The van der Waals surface area contributed by atoms with Crippen molar-refractivity contribution < 1.29 is 14.6 Å². The van der Waals surface area contributed by atoms with E-state index in [1.54, 1.807) is 6.92 Å². The average molecular weight is 272 g/mol. The summed E-state index contributed by atoms with van der Waals surface area (Å²) < 4.78 is 11.6. The van der Waals surface area contributed by atoms with E-state index in [1.807, 2.05) is 30.3 Å². The number of rotatable bonds is 4. The molecule has 2 aromatic carbocycles. The van der Waals surface area contributed by atoms with E-state index in [2.05, 4.69) is 6.07 Å². The third kappa shape index (κ3) is 2.65. The van der Waals surface area contributed by atoms with Gasteiger partial charge in [-0.3, -0.25) is 0 Å². The molecule has 0 aliphatic carbocycles. The molecule has 0 amide bonds. The van der Waals surface area contributed by atoms with E-state index in [4.69, 9.17) is 9.47 Å². The van der Waals surface area contributed by atoms with Crippen molar-refractivity contribution in [2.45, 2.75) is 32.0 Å². The van der Waals surface area contributed by atoms with E-state index in [0.29, 0.717) is 6.61 Å². The van der Waals surface area contributed by atoms with Crippen LogP contribution in [-0.2, 0) is 4.74 Å². The maximum Gasteiger partial charge on any atom is 0.133 e. The van der Waals surface area contributed by atoms with Gasteiger partial charge in [0.15, 0.2) is 0 Å². The number of hydrogen-bond donors (Lipinski definition) is 1. The minimum atomic E-state index is -0.542. The van der Waals surface area contributed by atoms with Gasteiger partial charge in [0.1, 0.15) is 12.4 Å². The lowest BCUT2D eigenvalue weighted by molar-refractivity contribution is 0.0670. The Balaban J connectivity index is 1.94. The van der Waals surface area contributed by atoms with Crippen LogP contribution in [-0.4, -0.2) is 24.4 Å². The Labute approximate surface area is 119 Å². The highest BCUT2D eigenvalue weighted by molar-refractivity contribution is 5.89. The molecule has 1 N–H and O–H groups in total. The normalized spacial score (nSPS) is 20.2. The number of aliphatic hydroxyl groups excluding tert-OH is 1. The minimum Gasteiger partial charge on any atom is -0.490 e. The molecule has 106 valence electrons. The van der Waals surface area contributed by atoms with Crippen LogP contribution in [0.4, 0.5) is 0 Å². The molecule has 2 aromatic rings. The van der Waals surface area contributed by atoms with Crippen molar-refractivity contribution in [1.29, 1.82) is 0 Å². The Morgan fingerprint density at radius 3 is 2.90 bits per heavy atom. The molecule has 0 saturated carbocycles. The Morgan fingerprint density at radius 1 is 1.30 bits per heavy atom. The van der Waals surface area contributed by atoms with Crippen molar-refractivity contribution in [2.75, 3.05) is 13.2 Å². The summed E-state index contributed by atoms with van der Waals surface area (Å²) >= 11 is 0. The summed E-state index contributed by atoms with van der Waals surface area (Å²) in [6, 6.07) is 12.1. The van der Waals surface area contributed by atoms with Crippen molar-refractivity contribution in [3.8, 4) is 5.75 Å². The van der Waals surface area contributed by atoms with Gasteiger partial charge >= 0.3 is 0 Å². The van der Waals surface area contributed by atoms with E-state index < -0.39 is 6.10 Å². The molecule has 2 atom stereocenters. The first-order valence-corrected chi connectivity index (χ1v) is 7.20. The SMILES string of the molecule is CC(O)c1ccc2ccccc2c1OCC1CCCO1. The van der Waals surface area contributed by atoms with Crippen molar-refractivity contribution in [3.63, 3.8) is 0 Å². The Morgan fingerprint density at radius 2 is 2.15 bits per heavy atom. The van der Waals surface area contributed by atoms with Crippen LogP contribution in [0.5, 0.6) is 5.75 Å². The molecule has 3 nitrogen and oxygen atoms in total. The quantitative estimate of drug-likeness (QED) is 0.926. The van der Waals surface area contributed by atoms with Crippen LogP contribution in [0.2, 0.25) is 0 Å². The lowest BCUT2D eigenvalue weighted by Gasteiger charge is -2.18. The number of ether oxygens (including phenoxy) is 2. The second kappa shape index (κ2) is 5.81. The molecule has 1 saturated heterocycles. The maximum atomic E-state index is 9.94. The van der Waals surface area contributed by atoms with Crippen molar-refractivity contribution in [2.24, 2.45) is 0 Å². The third-order valence-electron chi connectivity index (χ3n) is 3.80. The molecule has 1 fully saturated rings. The lowest BCUT2D eigenvalue weighted by Crippen LogP contribution is -2.17. The lowest BCUT2D eigenvalue weighted by atomic mass is 10.0. The van der Waals surface area contributed by atoms with Gasteiger partial charge in [-0.05, 0) is 25.2 Å². The molecule has 2 unspecified atom stereocenters. The smallest absolute Gasteiger partial charge is 0.133 e. The van der Waals surface area contributed by atoms with Gasteiger partial charge in [0.2, 0.25) is 0 Å². The second-order valence-corrected chi connectivity index (χ2v) is 5.33. The van der Waals surface area contributed by atoms with Gasteiger partial charge in [-0.25, -0.2) is 0 Å². The number of hydrogen-bond acceptors (Lipinski definition) is 3. The highest BCUT2D eigenvalue weighted by Gasteiger charge is 2.19. The topological polar surface area (TPSA) is 38.7 Å². The molecule has 0 radical (unpaired) electrons. The van der Waals surface area contributed by atoms with Crippen LogP contribution in [0, 0.1) is 0 Å². The van der Waals surface area contributed by atoms with E-state index in [0.717, 1.165) is 41.5 Å². The fourth-order valence-corrected chi connectivity index (χ4v) is 2.70. The van der Waals surface area contributed by atoms with Gasteiger partial charge < -0.3 is 14.6 Å². The fourth-order valence-electron chi connectivity index (χ4n) is 2.70. The molecule has 0 spiro atoms. The molecule has 1 aliphatic heterocycles. The number of fused-ring (bicyclic) bond motifs is 1. The molecule has 0 bridgehead atoms. The van der Waals surface area contributed by atoms with Gasteiger partial charge in [0.05, 0.1) is 12.2 Å². The monoisotopic (exact) mass is 272 g/mol. The Kier molecular flexibility index (Phi) is 3.90. The fraction of sp³-hybridized carbons (Fsp3) is 0.412. The van der Waals surface area contributed by atoms with Crippen LogP contribution >= 0.6 is 0 Å². The molecule has 20 heavy (non-hydrogen) atoms. The molecule has 3 heteroatoms. The largest absolute Gasteiger partial charge is 0.490 e. The highest BCUT2D eigenvalue weighted by atomic mass is 16.5. The van der Waals surface area contributed by atoms with Gasteiger partial charge in [-0.15, -0.1) is 0 Å². The zero-order valence-corrected chi connectivity index (χ0v) is 11.7. The maximum absolute atomic E-state index is 9.94. The Bertz CT molecular complexity index is 586. The summed E-state index contributed by atoms with van der Waals surface area (Å²) in [6.07, 6.45) is 1.79. The first-order chi connectivity index (χ1) is 9.75. The van der Waals surface area contributed by atoms with E-state index >= 15 is 0 Å². The van der Waals surface area contributed by atoms with Crippen molar-refractivity contribution in [3.05, 3.63) is 42.0 Å². The summed E-state index contributed by atoms with van der Waals surface area (Å²) in [5.41, 5.74) is 0.835. The van der Waals surface area contributed by atoms with Gasteiger partial charge in [0.25, 0.3) is 0 Å². The molecule has 3 rings (SSSR count). The van der Waals surface area contributed by atoms with Crippen molar-refractivity contribution >= 4 is 10.8 Å². The average Bonchev–Trinajstić information content (AvgIpc) is 2.97. The zero-order valence-electron chi connectivity index (χ0n) is 11.7. The van der Waals surface area contributed by atoms with Crippen LogP contribution in [0.3, 0.4) is 0 Å². The minimum absolute atomic E-state index is 0.177. The van der Waals surface area contributed by atoms with E-state index in [9.17, 15) is 5.11 Å². The van der Waals surface area contributed by atoms with E-state index in [-0.39, 0.29) is 6.10 Å². The molecular weight excluding hydrogens is 252 g/mol.